The molecule has 0 atom stereocenters. The summed E-state index contributed by atoms with van der Waals surface area (Å²) >= 11 is 0. The summed E-state index contributed by atoms with van der Waals surface area (Å²) in [4.78, 5) is 12.1. The Kier molecular flexibility index (Phi) is 8.07. The number of halogens is 5. The van der Waals surface area contributed by atoms with Gasteiger partial charge in [-0.25, -0.2) is 18.0 Å². The van der Waals surface area contributed by atoms with E-state index in [0.29, 0.717) is 23.7 Å². The smallest absolute Gasteiger partial charge is 0.343 e. The van der Waals surface area contributed by atoms with Gasteiger partial charge in [0, 0.05) is 0 Å². The van der Waals surface area contributed by atoms with Crippen LogP contribution < -0.4 is 9.47 Å². The Bertz CT molecular complexity index is 1180. The topological polar surface area (TPSA) is 60.2 Å². The van der Waals surface area contributed by atoms with Crippen molar-refractivity contribution in [2.45, 2.75) is 12.8 Å². The standard InChI is InChI=1S/C24H17F5N2O3/c1-2-3-4-13-33-17-11-9-16(10-12-17)31-30-15-7-5-14(6-8-15)24(32)34-23-21(28)19(26)18(25)20(27)22(23)29/h2,5-12H,1,3-4,13H2. The quantitative estimate of drug-likeness (QED) is 0.0474. The van der Waals surface area contributed by atoms with Crippen molar-refractivity contribution in [3.63, 3.8) is 0 Å². The molecule has 0 saturated heterocycles. The minimum atomic E-state index is -2.35. The summed E-state index contributed by atoms with van der Waals surface area (Å²) < 4.78 is 76.9. The molecule has 0 amide bonds. The largest absolute Gasteiger partial charge is 0.494 e. The number of benzene rings is 3. The first-order valence-corrected chi connectivity index (χ1v) is 9.91. The zero-order valence-corrected chi connectivity index (χ0v) is 17.5. The minimum absolute atomic E-state index is 0.208. The zero-order chi connectivity index (χ0) is 24.7. The van der Waals surface area contributed by atoms with E-state index in [1.54, 1.807) is 24.3 Å². The maximum Gasteiger partial charge on any atom is 0.343 e. The molecule has 3 rings (SSSR count). The molecule has 0 heterocycles. The van der Waals surface area contributed by atoms with Crippen LogP contribution in [0.5, 0.6) is 11.5 Å². The number of carbonyl (C=O) groups excluding carboxylic acids is 1. The van der Waals surface area contributed by atoms with Crippen LogP contribution in [-0.2, 0) is 0 Å². The van der Waals surface area contributed by atoms with Crippen molar-refractivity contribution in [2.24, 2.45) is 10.2 Å². The average Bonchev–Trinajstić information content (AvgIpc) is 2.86. The van der Waals surface area contributed by atoms with Gasteiger partial charge in [-0.05, 0) is 61.4 Å². The number of allylic oxidation sites excluding steroid dienone is 1. The number of azo groups is 1. The monoisotopic (exact) mass is 476 g/mol. The Balaban J connectivity index is 1.64. The number of esters is 1. The van der Waals surface area contributed by atoms with Gasteiger partial charge in [-0.1, -0.05) is 6.08 Å². The molecule has 0 aliphatic heterocycles. The van der Waals surface area contributed by atoms with Crippen LogP contribution in [0, 0.1) is 29.1 Å². The highest BCUT2D eigenvalue weighted by molar-refractivity contribution is 5.91. The van der Waals surface area contributed by atoms with Crippen LogP contribution in [0.25, 0.3) is 0 Å². The zero-order valence-electron chi connectivity index (χ0n) is 17.5. The van der Waals surface area contributed by atoms with Crippen molar-refractivity contribution in [2.75, 3.05) is 6.61 Å². The van der Waals surface area contributed by atoms with E-state index in [9.17, 15) is 26.7 Å². The van der Waals surface area contributed by atoms with Crippen molar-refractivity contribution in [3.8, 4) is 11.5 Å². The lowest BCUT2D eigenvalue weighted by molar-refractivity contribution is 0.0716. The van der Waals surface area contributed by atoms with Crippen molar-refractivity contribution >= 4 is 17.3 Å². The SMILES string of the molecule is C=CCCCOc1ccc(N=Nc2ccc(C(=O)Oc3c(F)c(F)c(F)c(F)c3F)cc2)cc1. The molecule has 0 bridgehead atoms. The Morgan fingerprint density at radius 2 is 1.29 bits per heavy atom. The Hall–Kier alpha value is -4.08. The third-order valence-electron chi connectivity index (χ3n) is 4.41. The summed E-state index contributed by atoms with van der Waals surface area (Å²) in [6, 6.07) is 12.0. The van der Waals surface area contributed by atoms with Gasteiger partial charge in [0.1, 0.15) is 5.75 Å². The molecular weight excluding hydrogens is 459 g/mol. The summed E-state index contributed by atoms with van der Waals surface area (Å²) in [5.74, 6) is -13.6. The molecule has 3 aromatic rings. The van der Waals surface area contributed by atoms with E-state index in [-0.39, 0.29) is 5.56 Å². The van der Waals surface area contributed by atoms with E-state index in [2.05, 4.69) is 21.5 Å². The third kappa shape index (κ3) is 5.83. The number of rotatable bonds is 9. The van der Waals surface area contributed by atoms with E-state index >= 15 is 0 Å². The second-order valence-electron chi connectivity index (χ2n) is 6.81. The average molecular weight is 476 g/mol. The number of hydrogen-bond acceptors (Lipinski definition) is 5. The molecule has 0 aliphatic rings. The van der Waals surface area contributed by atoms with Crippen molar-refractivity contribution in [1.82, 2.24) is 0 Å². The van der Waals surface area contributed by atoms with Crippen LogP contribution in [0.3, 0.4) is 0 Å². The highest BCUT2D eigenvalue weighted by Gasteiger charge is 2.28. The van der Waals surface area contributed by atoms with Gasteiger partial charge in [0.15, 0.2) is 0 Å². The molecule has 0 spiro atoms. The number of carbonyl (C=O) groups is 1. The maximum absolute atomic E-state index is 13.7. The summed E-state index contributed by atoms with van der Waals surface area (Å²) in [6.07, 6.45) is 3.53. The molecule has 5 nitrogen and oxygen atoms in total. The van der Waals surface area contributed by atoms with Crippen LogP contribution in [0.2, 0.25) is 0 Å². The number of ether oxygens (including phenoxy) is 2. The fourth-order valence-electron chi connectivity index (χ4n) is 2.63. The van der Waals surface area contributed by atoms with Gasteiger partial charge in [-0.3, -0.25) is 0 Å². The molecule has 34 heavy (non-hydrogen) atoms. The van der Waals surface area contributed by atoms with Gasteiger partial charge in [0.05, 0.1) is 23.5 Å². The summed E-state index contributed by atoms with van der Waals surface area (Å²) in [6.45, 7) is 4.20. The van der Waals surface area contributed by atoms with Crippen LogP contribution >= 0.6 is 0 Å². The lowest BCUT2D eigenvalue weighted by Crippen LogP contribution is -2.13. The molecule has 3 aromatic carbocycles. The third-order valence-corrected chi connectivity index (χ3v) is 4.41. The highest BCUT2D eigenvalue weighted by atomic mass is 19.2. The molecule has 0 radical (unpaired) electrons. The first-order valence-electron chi connectivity index (χ1n) is 9.91. The second kappa shape index (κ2) is 11.2. The fraction of sp³-hybridized carbons (Fsp3) is 0.125. The van der Waals surface area contributed by atoms with E-state index in [0.717, 1.165) is 12.8 Å². The predicted octanol–water partition coefficient (Wildman–Crippen LogP) is 7.36. The molecular formula is C24H17F5N2O3. The summed E-state index contributed by atoms with van der Waals surface area (Å²) in [7, 11) is 0. The van der Waals surface area contributed by atoms with Gasteiger partial charge < -0.3 is 9.47 Å². The number of hydrogen-bond donors (Lipinski definition) is 0. The molecule has 0 fully saturated rings. The van der Waals surface area contributed by atoms with E-state index in [1.165, 1.54) is 24.3 Å². The van der Waals surface area contributed by atoms with E-state index in [4.69, 9.17) is 4.74 Å². The van der Waals surface area contributed by atoms with Crippen molar-refractivity contribution < 1.29 is 36.2 Å². The van der Waals surface area contributed by atoms with Gasteiger partial charge in [0.2, 0.25) is 34.8 Å². The van der Waals surface area contributed by atoms with Crippen LogP contribution in [-0.4, -0.2) is 12.6 Å². The van der Waals surface area contributed by atoms with Crippen LogP contribution in [0.4, 0.5) is 33.3 Å². The lowest BCUT2D eigenvalue weighted by Gasteiger charge is -2.08. The summed E-state index contributed by atoms with van der Waals surface area (Å²) in [5.41, 5.74) is 0.659. The first-order chi connectivity index (χ1) is 16.3. The maximum atomic E-state index is 13.7. The fourth-order valence-corrected chi connectivity index (χ4v) is 2.63. The molecule has 10 heteroatoms. The molecule has 0 aliphatic carbocycles. The highest BCUT2D eigenvalue weighted by Crippen LogP contribution is 2.30. The van der Waals surface area contributed by atoms with Gasteiger partial charge in [-0.2, -0.15) is 19.0 Å². The molecule has 0 unspecified atom stereocenters. The van der Waals surface area contributed by atoms with Crippen molar-refractivity contribution in [1.29, 1.82) is 0 Å². The predicted molar refractivity (Wildman–Crippen MR) is 113 cm³/mol. The van der Waals surface area contributed by atoms with Crippen LogP contribution in [0.15, 0.2) is 71.4 Å². The van der Waals surface area contributed by atoms with Crippen LogP contribution in [0.1, 0.15) is 23.2 Å². The Morgan fingerprint density at radius 3 is 1.82 bits per heavy atom. The summed E-state index contributed by atoms with van der Waals surface area (Å²) in [5, 5.41) is 8.04. The van der Waals surface area contributed by atoms with Gasteiger partial charge in [0.25, 0.3) is 0 Å². The Morgan fingerprint density at radius 1 is 0.794 bits per heavy atom. The molecule has 0 saturated carbocycles. The van der Waals surface area contributed by atoms with Gasteiger partial charge >= 0.3 is 5.97 Å². The number of nitrogens with zero attached hydrogens (tertiary/aromatic N) is 2. The molecule has 176 valence electrons. The normalized spacial score (nSPS) is 11.0. The second-order valence-corrected chi connectivity index (χ2v) is 6.81. The van der Waals surface area contributed by atoms with Gasteiger partial charge in [-0.15, -0.1) is 6.58 Å². The lowest BCUT2D eigenvalue weighted by atomic mass is 10.2. The Labute approximate surface area is 191 Å². The first kappa shape index (κ1) is 24.6. The van der Waals surface area contributed by atoms with E-state index < -0.39 is 40.8 Å². The van der Waals surface area contributed by atoms with Crippen molar-refractivity contribution in [3.05, 3.63) is 95.8 Å². The molecule has 0 aromatic heterocycles. The number of unbranched alkanes of at least 4 members (excludes halogenated alkanes) is 1. The molecule has 0 N–H and O–H groups in total. The van der Waals surface area contributed by atoms with E-state index in [1.807, 2.05) is 6.08 Å². The minimum Gasteiger partial charge on any atom is -0.494 e.